The fourth-order valence-corrected chi connectivity index (χ4v) is 4.02. The Morgan fingerprint density at radius 3 is 2.52 bits per heavy atom. The zero-order valence-corrected chi connectivity index (χ0v) is 12.6. The Morgan fingerprint density at radius 1 is 1.33 bits per heavy atom. The number of hydrogen-bond acceptors (Lipinski definition) is 3. The molecule has 0 spiro atoms. The van der Waals surface area contributed by atoms with E-state index in [2.05, 4.69) is 0 Å². The summed E-state index contributed by atoms with van der Waals surface area (Å²) in [5, 5.41) is 0.554. The van der Waals surface area contributed by atoms with Crippen molar-refractivity contribution in [3.05, 3.63) is 39.4 Å². The Labute approximate surface area is 122 Å². The summed E-state index contributed by atoms with van der Waals surface area (Å²) in [6.45, 7) is 3.44. The van der Waals surface area contributed by atoms with Gasteiger partial charge in [-0.05, 0) is 56.7 Å². The molecule has 21 heavy (non-hydrogen) atoms. The minimum Gasteiger partial charge on any atom is -0.299 e. The highest BCUT2D eigenvalue weighted by molar-refractivity contribution is 6.05. The number of aryl methyl sites for hydroxylation is 1. The van der Waals surface area contributed by atoms with E-state index in [0.717, 1.165) is 36.6 Å². The summed E-state index contributed by atoms with van der Waals surface area (Å²) in [5.74, 6) is 1.66. The summed E-state index contributed by atoms with van der Waals surface area (Å²) in [7, 11) is 1.81. The van der Waals surface area contributed by atoms with Crippen LogP contribution < -0.4 is 5.56 Å². The fraction of sp³-hybridized carbons (Fsp3) is 0.471. The quantitative estimate of drug-likeness (QED) is 0.795. The molecule has 3 fully saturated rings. The summed E-state index contributed by atoms with van der Waals surface area (Å²) in [5.41, 5.74) is 2.13. The molecule has 3 aliphatic carbocycles. The van der Waals surface area contributed by atoms with Crippen LogP contribution in [0.3, 0.4) is 0 Å². The highest BCUT2D eigenvalue weighted by atomic mass is 16.1. The molecular weight excluding hydrogens is 264 g/mol. The van der Waals surface area contributed by atoms with Crippen molar-refractivity contribution in [1.82, 2.24) is 9.55 Å². The highest BCUT2D eigenvalue weighted by Gasteiger charge is 2.59. The lowest BCUT2D eigenvalue weighted by Crippen LogP contribution is -2.57. The van der Waals surface area contributed by atoms with Gasteiger partial charge < -0.3 is 0 Å². The van der Waals surface area contributed by atoms with Crippen molar-refractivity contribution in [2.24, 2.45) is 13.0 Å². The second kappa shape index (κ2) is 3.81. The van der Waals surface area contributed by atoms with Crippen LogP contribution in [0.1, 0.15) is 47.9 Å². The molecule has 0 unspecified atom stereocenters. The molecule has 0 amide bonds. The van der Waals surface area contributed by atoms with Crippen molar-refractivity contribution < 1.29 is 4.79 Å². The Kier molecular flexibility index (Phi) is 2.31. The minimum absolute atomic E-state index is 0.0343. The number of ketones is 1. The van der Waals surface area contributed by atoms with E-state index in [-0.39, 0.29) is 16.8 Å². The molecule has 4 heteroatoms. The van der Waals surface area contributed by atoms with Crippen LogP contribution in [0.25, 0.3) is 10.9 Å². The number of hydrogen-bond donors (Lipinski definition) is 0. The molecule has 0 N–H and O–H groups in total. The lowest BCUT2D eigenvalue weighted by Gasteiger charge is -2.61. The number of fused-ring (bicyclic) bond motifs is 1. The second-order valence-electron chi connectivity index (χ2n) is 6.82. The van der Waals surface area contributed by atoms with Gasteiger partial charge in [-0.1, -0.05) is 0 Å². The molecule has 1 aromatic heterocycles. The largest absolute Gasteiger partial charge is 0.299 e. The maximum Gasteiger partial charge on any atom is 0.261 e. The van der Waals surface area contributed by atoms with Gasteiger partial charge in [-0.2, -0.15) is 0 Å². The number of aromatic nitrogens is 2. The van der Waals surface area contributed by atoms with Gasteiger partial charge in [-0.25, -0.2) is 4.98 Å². The molecule has 2 aromatic rings. The van der Waals surface area contributed by atoms with Crippen LogP contribution in [-0.2, 0) is 12.5 Å². The summed E-state index contributed by atoms with van der Waals surface area (Å²) in [4.78, 5) is 29.4. The zero-order valence-electron chi connectivity index (χ0n) is 12.6. The second-order valence-corrected chi connectivity index (χ2v) is 6.82. The van der Waals surface area contributed by atoms with E-state index < -0.39 is 0 Å². The van der Waals surface area contributed by atoms with Crippen LogP contribution in [0.5, 0.6) is 0 Å². The van der Waals surface area contributed by atoms with Crippen LogP contribution in [0.2, 0.25) is 0 Å². The Bertz CT molecular complexity index is 846. The smallest absolute Gasteiger partial charge is 0.261 e. The molecule has 0 radical (unpaired) electrons. The molecule has 1 heterocycles. The fourth-order valence-electron chi connectivity index (χ4n) is 4.02. The van der Waals surface area contributed by atoms with E-state index in [0.29, 0.717) is 16.5 Å². The van der Waals surface area contributed by atoms with Gasteiger partial charge >= 0.3 is 0 Å². The first-order valence-corrected chi connectivity index (χ1v) is 7.44. The maximum absolute atomic E-state index is 12.7. The van der Waals surface area contributed by atoms with Gasteiger partial charge in [0.25, 0.3) is 5.56 Å². The van der Waals surface area contributed by atoms with Crippen LogP contribution in [-0.4, -0.2) is 15.3 Å². The number of rotatable bonds is 2. The van der Waals surface area contributed by atoms with Crippen molar-refractivity contribution >= 4 is 16.7 Å². The van der Waals surface area contributed by atoms with Crippen molar-refractivity contribution in [3.63, 3.8) is 0 Å². The van der Waals surface area contributed by atoms with Crippen LogP contribution in [0.15, 0.2) is 16.9 Å². The van der Waals surface area contributed by atoms with Crippen LogP contribution >= 0.6 is 0 Å². The van der Waals surface area contributed by atoms with Gasteiger partial charge in [0.05, 0.1) is 10.9 Å². The first-order chi connectivity index (χ1) is 9.91. The van der Waals surface area contributed by atoms with Gasteiger partial charge in [0.15, 0.2) is 5.78 Å². The van der Waals surface area contributed by atoms with E-state index in [1.165, 1.54) is 6.92 Å². The predicted octanol–water partition coefficient (Wildman–Crippen LogP) is 2.50. The molecule has 0 aliphatic heterocycles. The summed E-state index contributed by atoms with van der Waals surface area (Å²) in [6.07, 6.45) is 3.42. The molecule has 0 saturated heterocycles. The molecule has 4 nitrogen and oxygen atoms in total. The third-order valence-corrected chi connectivity index (χ3v) is 5.22. The molecule has 108 valence electrons. The van der Waals surface area contributed by atoms with E-state index in [1.54, 1.807) is 11.6 Å². The maximum atomic E-state index is 12.7. The lowest BCUT2D eigenvalue weighted by molar-refractivity contribution is -0.0373. The van der Waals surface area contributed by atoms with E-state index in [1.807, 2.05) is 19.1 Å². The number of Topliss-reactive ketones (excluding diaryl/α,β-unsaturated/α-hetero) is 1. The van der Waals surface area contributed by atoms with Gasteiger partial charge in [0, 0.05) is 18.0 Å². The average Bonchev–Trinajstić information content (AvgIpc) is 2.31. The minimum atomic E-state index is -0.0362. The number of nitrogens with zero attached hydrogens (tertiary/aromatic N) is 2. The van der Waals surface area contributed by atoms with Gasteiger partial charge in [-0.15, -0.1) is 0 Å². The van der Waals surface area contributed by atoms with Crippen molar-refractivity contribution in [1.29, 1.82) is 0 Å². The number of carbonyl (C=O) groups excluding carboxylic acids is 1. The normalized spacial score (nSPS) is 26.3. The van der Waals surface area contributed by atoms with Crippen molar-refractivity contribution in [2.45, 2.75) is 38.5 Å². The SMILES string of the molecule is CC(=O)c1cc(C)cc2c(=O)n(C)c(C34CC(C3)C4)nc12. The highest BCUT2D eigenvalue weighted by Crippen LogP contribution is 2.64. The summed E-state index contributed by atoms with van der Waals surface area (Å²) in [6, 6.07) is 3.67. The Balaban J connectivity index is 2.08. The molecule has 3 aliphatic rings. The van der Waals surface area contributed by atoms with Crippen LogP contribution in [0.4, 0.5) is 0 Å². The van der Waals surface area contributed by atoms with Gasteiger partial charge in [0.1, 0.15) is 5.82 Å². The monoisotopic (exact) mass is 282 g/mol. The topological polar surface area (TPSA) is 52.0 Å². The molecular formula is C17H18N2O2. The van der Waals surface area contributed by atoms with E-state index in [4.69, 9.17) is 4.98 Å². The van der Waals surface area contributed by atoms with Crippen molar-refractivity contribution in [2.75, 3.05) is 0 Å². The molecule has 3 saturated carbocycles. The van der Waals surface area contributed by atoms with Crippen LogP contribution in [0, 0.1) is 12.8 Å². The first kappa shape index (κ1) is 12.7. The molecule has 0 atom stereocenters. The van der Waals surface area contributed by atoms with Gasteiger partial charge in [-0.3, -0.25) is 14.2 Å². The predicted molar refractivity (Wildman–Crippen MR) is 80.7 cm³/mol. The number of carbonyl (C=O) groups is 1. The summed E-state index contributed by atoms with van der Waals surface area (Å²) >= 11 is 0. The Morgan fingerprint density at radius 2 is 2.00 bits per heavy atom. The summed E-state index contributed by atoms with van der Waals surface area (Å²) < 4.78 is 1.70. The first-order valence-electron chi connectivity index (χ1n) is 7.44. The third kappa shape index (κ3) is 1.53. The number of benzene rings is 1. The van der Waals surface area contributed by atoms with E-state index >= 15 is 0 Å². The average molecular weight is 282 g/mol. The lowest BCUT2D eigenvalue weighted by atomic mass is 9.44. The van der Waals surface area contributed by atoms with E-state index in [9.17, 15) is 9.59 Å². The third-order valence-electron chi connectivity index (χ3n) is 5.22. The molecule has 5 rings (SSSR count). The standard InChI is InChI=1S/C17H18N2O2/c1-9-4-12(10(2)20)14-13(5-9)15(21)19(3)16(18-14)17-6-11(7-17)8-17/h4-5,11H,6-8H2,1-3H3. The zero-order chi connectivity index (χ0) is 14.9. The van der Waals surface area contributed by atoms with Gasteiger partial charge in [0.2, 0.25) is 0 Å². The molecule has 2 bridgehead atoms. The van der Waals surface area contributed by atoms with Crippen molar-refractivity contribution in [3.8, 4) is 0 Å². The Hall–Kier alpha value is -1.97. The molecule has 1 aromatic carbocycles.